The molecule has 0 spiro atoms. The fourth-order valence-electron chi connectivity index (χ4n) is 1.95. The largest absolute Gasteiger partial charge is 0.491 e. The van der Waals surface area contributed by atoms with Gasteiger partial charge in [-0.05, 0) is 30.7 Å². The lowest BCUT2D eigenvalue weighted by Crippen LogP contribution is -2.31. The lowest BCUT2D eigenvalue weighted by atomic mass is 10.2. The third kappa shape index (κ3) is 3.81. The first kappa shape index (κ1) is 15.0. The van der Waals surface area contributed by atoms with Crippen molar-refractivity contribution in [1.82, 2.24) is 4.90 Å². The van der Waals surface area contributed by atoms with Gasteiger partial charge in [-0.15, -0.1) is 0 Å². The van der Waals surface area contributed by atoms with Gasteiger partial charge in [-0.25, -0.2) is 4.39 Å². The third-order valence-electron chi connectivity index (χ3n) is 3.23. The van der Waals surface area contributed by atoms with Crippen molar-refractivity contribution in [1.29, 1.82) is 0 Å². The zero-order chi connectivity index (χ0) is 15.2. The molecule has 0 N–H and O–H groups in total. The fraction of sp³-hybridized carbons (Fsp3) is 0.235. The highest BCUT2D eigenvalue weighted by molar-refractivity contribution is 5.94. The van der Waals surface area contributed by atoms with Crippen LogP contribution in [0.25, 0.3) is 0 Å². The summed E-state index contributed by atoms with van der Waals surface area (Å²) in [7, 11) is 1.63. The molecule has 0 saturated carbocycles. The van der Waals surface area contributed by atoms with Crippen LogP contribution in [0.5, 0.6) is 5.75 Å². The molecule has 0 atom stereocenters. The molecule has 2 rings (SSSR count). The van der Waals surface area contributed by atoms with Gasteiger partial charge in [-0.3, -0.25) is 4.79 Å². The van der Waals surface area contributed by atoms with E-state index in [0.717, 1.165) is 11.3 Å². The van der Waals surface area contributed by atoms with E-state index in [9.17, 15) is 9.18 Å². The molecule has 0 aliphatic heterocycles. The Hall–Kier alpha value is -2.36. The molecule has 0 heterocycles. The van der Waals surface area contributed by atoms with Crippen molar-refractivity contribution in [3.05, 3.63) is 65.5 Å². The fourth-order valence-corrected chi connectivity index (χ4v) is 1.95. The van der Waals surface area contributed by atoms with E-state index in [4.69, 9.17) is 4.74 Å². The molecule has 0 aliphatic carbocycles. The van der Waals surface area contributed by atoms with Crippen LogP contribution >= 0.6 is 0 Å². The van der Waals surface area contributed by atoms with Crippen molar-refractivity contribution in [2.45, 2.75) is 6.92 Å². The van der Waals surface area contributed by atoms with Crippen LogP contribution in [0.1, 0.15) is 15.9 Å². The molecule has 0 radical (unpaired) electrons. The maximum Gasteiger partial charge on any atom is 0.256 e. The lowest BCUT2D eigenvalue weighted by Gasteiger charge is -2.18. The Morgan fingerprint density at radius 3 is 2.52 bits per heavy atom. The number of nitrogens with zero attached hydrogens (tertiary/aromatic N) is 1. The van der Waals surface area contributed by atoms with Crippen LogP contribution in [0.15, 0.2) is 48.5 Å². The number of hydrogen-bond donors (Lipinski definition) is 0. The second-order valence-electron chi connectivity index (χ2n) is 4.82. The van der Waals surface area contributed by atoms with Crippen LogP contribution < -0.4 is 4.74 Å². The second-order valence-corrected chi connectivity index (χ2v) is 4.82. The van der Waals surface area contributed by atoms with Crippen molar-refractivity contribution in [2.75, 3.05) is 20.2 Å². The normalized spacial score (nSPS) is 10.2. The molecular weight excluding hydrogens is 269 g/mol. The maximum absolute atomic E-state index is 13.6. The Morgan fingerprint density at radius 1 is 1.14 bits per heavy atom. The molecule has 2 aromatic rings. The standard InChI is InChI=1S/C17H18FNO2/c1-13-7-3-6-10-16(13)21-12-11-19(2)17(20)14-8-4-5-9-15(14)18/h3-10H,11-12H2,1-2H3. The van der Waals surface area contributed by atoms with Gasteiger partial charge in [-0.2, -0.15) is 0 Å². The quantitative estimate of drug-likeness (QED) is 0.844. The summed E-state index contributed by atoms with van der Waals surface area (Å²) in [5.74, 6) is -0.0557. The van der Waals surface area contributed by atoms with Crippen LogP contribution in [0.4, 0.5) is 4.39 Å². The Balaban J connectivity index is 1.90. The molecular formula is C17H18FNO2. The molecule has 0 aromatic heterocycles. The number of ether oxygens (including phenoxy) is 1. The summed E-state index contributed by atoms with van der Waals surface area (Å²) in [5, 5.41) is 0. The monoisotopic (exact) mass is 287 g/mol. The minimum absolute atomic E-state index is 0.0795. The highest BCUT2D eigenvalue weighted by Crippen LogP contribution is 2.16. The highest BCUT2D eigenvalue weighted by atomic mass is 19.1. The molecule has 0 fully saturated rings. The molecule has 0 aliphatic rings. The zero-order valence-corrected chi connectivity index (χ0v) is 12.2. The van der Waals surface area contributed by atoms with Crippen LogP contribution in [-0.2, 0) is 0 Å². The van der Waals surface area contributed by atoms with E-state index in [0.29, 0.717) is 13.2 Å². The Bertz CT molecular complexity index is 628. The van der Waals surface area contributed by atoms with Gasteiger partial charge in [-0.1, -0.05) is 30.3 Å². The predicted octanol–water partition coefficient (Wildman–Crippen LogP) is 3.29. The van der Waals surface area contributed by atoms with Crippen molar-refractivity contribution in [2.24, 2.45) is 0 Å². The Kier molecular flexibility index (Phi) is 4.93. The summed E-state index contributed by atoms with van der Waals surface area (Å²) < 4.78 is 19.2. The predicted molar refractivity (Wildman–Crippen MR) is 80.0 cm³/mol. The first-order valence-electron chi connectivity index (χ1n) is 6.78. The summed E-state index contributed by atoms with van der Waals surface area (Å²) in [6, 6.07) is 13.7. The van der Waals surface area contributed by atoms with E-state index >= 15 is 0 Å². The number of para-hydroxylation sites is 1. The van der Waals surface area contributed by atoms with Crippen LogP contribution in [0.2, 0.25) is 0 Å². The van der Waals surface area contributed by atoms with Gasteiger partial charge in [0.1, 0.15) is 18.2 Å². The second kappa shape index (κ2) is 6.88. The van der Waals surface area contributed by atoms with Crippen LogP contribution in [0.3, 0.4) is 0 Å². The van der Waals surface area contributed by atoms with Crippen molar-refractivity contribution in [3.8, 4) is 5.75 Å². The number of aryl methyl sites for hydroxylation is 1. The number of halogens is 1. The summed E-state index contributed by atoms with van der Waals surface area (Å²) in [5.41, 5.74) is 1.12. The van der Waals surface area contributed by atoms with Crippen molar-refractivity contribution in [3.63, 3.8) is 0 Å². The van der Waals surface area contributed by atoms with E-state index in [-0.39, 0.29) is 11.5 Å². The number of benzene rings is 2. The SMILES string of the molecule is Cc1ccccc1OCCN(C)C(=O)c1ccccc1F. The number of rotatable bonds is 5. The summed E-state index contributed by atoms with van der Waals surface area (Å²) in [6.45, 7) is 2.71. The molecule has 0 saturated heterocycles. The summed E-state index contributed by atoms with van der Waals surface area (Å²) >= 11 is 0. The van der Waals surface area contributed by atoms with Crippen LogP contribution in [-0.4, -0.2) is 31.0 Å². The first-order chi connectivity index (χ1) is 10.1. The minimum atomic E-state index is -0.505. The molecule has 1 amide bonds. The molecule has 110 valence electrons. The molecule has 0 unspecified atom stereocenters. The van der Waals surface area contributed by atoms with Gasteiger partial charge in [0.15, 0.2) is 0 Å². The van der Waals surface area contributed by atoms with E-state index < -0.39 is 5.82 Å². The maximum atomic E-state index is 13.6. The smallest absolute Gasteiger partial charge is 0.256 e. The molecule has 3 nitrogen and oxygen atoms in total. The minimum Gasteiger partial charge on any atom is -0.491 e. The van der Waals surface area contributed by atoms with Crippen molar-refractivity contribution >= 4 is 5.91 Å². The summed E-state index contributed by atoms with van der Waals surface area (Å²) in [4.78, 5) is 13.6. The Labute approximate surface area is 124 Å². The van der Waals surface area contributed by atoms with E-state index in [2.05, 4.69) is 0 Å². The van der Waals surface area contributed by atoms with Gasteiger partial charge in [0.05, 0.1) is 12.1 Å². The first-order valence-corrected chi connectivity index (χ1v) is 6.78. The van der Waals surface area contributed by atoms with Gasteiger partial charge in [0.25, 0.3) is 5.91 Å². The van der Waals surface area contributed by atoms with Gasteiger partial charge >= 0.3 is 0 Å². The van der Waals surface area contributed by atoms with E-state index in [1.54, 1.807) is 19.2 Å². The average Bonchev–Trinajstić information content (AvgIpc) is 2.49. The van der Waals surface area contributed by atoms with E-state index in [1.165, 1.54) is 17.0 Å². The van der Waals surface area contributed by atoms with Gasteiger partial charge in [0.2, 0.25) is 0 Å². The number of likely N-dealkylation sites (N-methyl/N-ethyl adjacent to an activating group) is 1. The van der Waals surface area contributed by atoms with Crippen molar-refractivity contribution < 1.29 is 13.9 Å². The molecule has 21 heavy (non-hydrogen) atoms. The number of carbonyl (C=O) groups excluding carboxylic acids is 1. The van der Waals surface area contributed by atoms with Crippen LogP contribution in [0, 0.1) is 12.7 Å². The third-order valence-corrected chi connectivity index (χ3v) is 3.23. The molecule has 2 aromatic carbocycles. The molecule has 0 bridgehead atoms. The lowest BCUT2D eigenvalue weighted by molar-refractivity contribution is 0.0769. The highest BCUT2D eigenvalue weighted by Gasteiger charge is 2.15. The average molecular weight is 287 g/mol. The van der Waals surface area contributed by atoms with E-state index in [1.807, 2.05) is 31.2 Å². The summed E-state index contributed by atoms with van der Waals surface area (Å²) in [6.07, 6.45) is 0. The van der Waals surface area contributed by atoms with Gasteiger partial charge < -0.3 is 9.64 Å². The number of amides is 1. The topological polar surface area (TPSA) is 29.5 Å². The van der Waals surface area contributed by atoms with Gasteiger partial charge in [0, 0.05) is 7.05 Å². The zero-order valence-electron chi connectivity index (χ0n) is 12.2. The molecule has 4 heteroatoms. The number of hydrogen-bond acceptors (Lipinski definition) is 2. The number of carbonyl (C=O) groups is 1. The Morgan fingerprint density at radius 2 is 1.81 bits per heavy atom.